The largest absolute Gasteiger partial charge is 0.347 e. The highest BCUT2D eigenvalue weighted by Crippen LogP contribution is 2.40. The summed E-state index contributed by atoms with van der Waals surface area (Å²) in [4.78, 5) is 11.9. The first kappa shape index (κ1) is 16.0. The minimum atomic E-state index is -3.20. The van der Waals surface area contributed by atoms with E-state index in [-0.39, 0.29) is 11.8 Å². The van der Waals surface area contributed by atoms with Gasteiger partial charge in [0.15, 0.2) is 9.84 Å². The summed E-state index contributed by atoms with van der Waals surface area (Å²) in [6.45, 7) is 4.37. The molecule has 4 rings (SSSR count). The van der Waals surface area contributed by atoms with Crippen LogP contribution in [-0.4, -0.2) is 24.1 Å². The topological polar surface area (TPSA) is 72.0 Å². The van der Waals surface area contributed by atoms with Crippen molar-refractivity contribution in [3.8, 4) is 0 Å². The maximum atomic E-state index is 12.1. The standard InChI is InChI=1S/C17H21N3O2S2/c1-10-12-5-3-6-14(16(12)11(2)23-10)20-17-18-9-15-13(19-17)7-4-8-24(15,21)22/h9,14H,3-8H2,1-2H3,(H,18,19,20). The summed E-state index contributed by atoms with van der Waals surface area (Å²) in [5.74, 6) is 0.752. The second-order valence-corrected chi connectivity index (χ2v) is 10.1. The molecule has 1 atom stereocenters. The van der Waals surface area contributed by atoms with E-state index in [1.165, 1.54) is 27.1 Å². The Labute approximate surface area is 146 Å². The van der Waals surface area contributed by atoms with Gasteiger partial charge in [0.25, 0.3) is 0 Å². The molecular formula is C17H21N3O2S2. The van der Waals surface area contributed by atoms with Gasteiger partial charge in [-0.1, -0.05) is 0 Å². The maximum Gasteiger partial charge on any atom is 0.223 e. The molecule has 1 aliphatic carbocycles. The van der Waals surface area contributed by atoms with Crippen LogP contribution in [0.1, 0.15) is 51.9 Å². The number of rotatable bonds is 2. The minimum Gasteiger partial charge on any atom is -0.347 e. The molecule has 0 spiro atoms. The molecule has 2 aliphatic rings. The molecule has 3 heterocycles. The Balaban J connectivity index is 1.66. The summed E-state index contributed by atoms with van der Waals surface area (Å²) in [5, 5.41) is 3.46. The smallest absolute Gasteiger partial charge is 0.223 e. The highest BCUT2D eigenvalue weighted by molar-refractivity contribution is 7.91. The van der Waals surface area contributed by atoms with Gasteiger partial charge in [0, 0.05) is 9.75 Å². The Bertz CT molecular complexity index is 903. The van der Waals surface area contributed by atoms with Gasteiger partial charge < -0.3 is 5.32 Å². The predicted octanol–water partition coefficient (Wildman–Crippen LogP) is 3.36. The van der Waals surface area contributed by atoms with E-state index in [1.54, 1.807) is 0 Å². The molecule has 1 aliphatic heterocycles. The van der Waals surface area contributed by atoms with E-state index in [2.05, 4.69) is 29.1 Å². The molecule has 0 amide bonds. The summed E-state index contributed by atoms with van der Waals surface area (Å²) in [5.41, 5.74) is 3.53. The third kappa shape index (κ3) is 2.63. The predicted molar refractivity (Wildman–Crippen MR) is 95.5 cm³/mol. The van der Waals surface area contributed by atoms with Crippen LogP contribution in [0.25, 0.3) is 0 Å². The lowest BCUT2D eigenvalue weighted by Gasteiger charge is -2.26. The van der Waals surface area contributed by atoms with Gasteiger partial charge in [-0.25, -0.2) is 18.4 Å². The number of fused-ring (bicyclic) bond motifs is 2. The van der Waals surface area contributed by atoms with Gasteiger partial charge in [-0.05, 0) is 57.1 Å². The van der Waals surface area contributed by atoms with Crippen molar-refractivity contribution >= 4 is 27.1 Å². The number of aromatic nitrogens is 2. The van der Waals surface area contributed by atoms with Gasteiger partial charge in [0.2, 0.25) is 5.95 Å². The summed E-state index contributed by atoms with van der Waals surface area (Å²) in [6, 6.07) is 0.219. The first-order valence-corrected chi connectivity index (χ1v) is 10.9. The fourth-order valence-electron chi connectivity index (χ4n) is 3.90. The molecule has 2 aromatic rings. The molecule has 1 unspecified atom stereocenters. The van der Waals surface area contributed by atoms with E-state index >= 15 is 0 Å². The lowest BCUT2D eigenvalue weighted by Crippen LogP contribution is -2.21. The molecule has 1 N–H and O–H groups in total. The zero-order valence-corrected chi connectivity index (χ0v) is 15.6. The molecule has 7 heteroatoms. The Morgan fingerprint density at radius 3 is 2.88 bits per heavy atom. The van der Waals surface area contributed by atoms with E-state index in [0.29, 0.717) is 29.4 Å². The van der Waals surface area contributed by atoms with E-state index in [9.17, 15) is 8.42 Å². The number of thiophene rings is 1. The van der Waals surface area contributed by atoms with Crippen LogP contribution in [0.2, 0.25) is 0 Å². The highest BCUT2D eigenvalue weighted by Gasteiger charge is 2.28. The third-order valence-corrected chi connectivity index (χ3v) is 7.91. The monoisotopic (exact) mass is 363 g/mol. The summed E-state index contributed by atoms with van der Waals surface area (Å²) in [7, 11) is -3.20. The molecule has 0 fully saturated rings. The first-order valence-electron chi connectivity index (χ1n) is 8.39. The van der Waals surface area contributed by atoms with Crippen molar-refractivity contribution in [2.24, 2.45) is 0 Å². The number of nitrogens with zero attached hydrogens (tertiary/aromatic N) is 2. The molecule has 0 aromatic carbocycles. The Hall–Kier alpha value is -1.47. The number of hydrogen-bond acceptors (Lipinski definition) is 6. The molecule has 24 heavy (non-hydrogen) atoms. The molecular weight excluding hydrogens is 342 g/mol. The summed E-state index contributed by atoms with van der Waals surface area (Å²) >= 11 is 1.86. The van der Waals surface area contributed by atoms with E-state index in [1.807, 2.05) is 11.3 Å². The fraction of sp³-hybridized carbons (Fsp3) is 0.529. The van der Waals surface area contributed by atoms with Gasteiger partial charge in [0.05, 0.1) is 23.7 Å². The average Bonchev–Trinajstić information content (AvgIpc) is 2.82. The molecule has 5 nitrogen and oxygen atoms in total. The zero-order valence-electron chi connectivity index (χ0n) is 13.9. The summed E-state index contributed by atoms with van der Waals surface area (Å²) < 4.78 is 24.2. The maximum absolute atomic E-state index is 12.1. The zero-order chi connectivity index (χ0) is 16.9. The lowest BCUT2D eigenvalue weighted by molar-refractivity contribution is 0.581. The summed E-state index contributed by atoms with van der Waals surface area (Å²) in [6.07, 6.45) is 6.19. The molecule has 0 saturated carbocycles. The average molecular weight is 364 g/mol. The van der Waals surface area contributed by atoms with Gasteiger partial charge in [-0.3, -0.25) is 0 Å². The van der Waals surface area contributed by atoms with Crippen LogP contribution in [0.5, 0.6) is 0 Å². The molecule has 128 valence electrons. The SMILES string of the molecule is Cc1sc(C)c2c1CCCC2Nc1ncc2c(n1)CCCS2(=O)=O. The van der Waals surface area contributed by atoms with Crippen LogP contribution in [0.3, 0.4) is 0 Å². The van der Waals surface area contributed by atoms with Crippen molar-refractivity contribution in [1.82, 2.24) is 9.97 Å². The second kappa shape index (κ2) is 5.81. The van der Waals surface area contributed by atoms with Crippen molar-refractivity contribution in [3.05, 3.63) is 32.8 Å². The minimum absolute atomic E-state index is 0.204. The molecule has 0 saturated heterocycles. The number of sulfone groups is 1. The van der Waals surface area contributed by atoms with Gasteiger partial charge in [-0.15, -0.1) is 11.3 Å². The van der Waals surface area contributed by atoms with Crippen molar-refractivity contribution in [2.75, 3.05) is 11.1 Å². The fourth-order valence-corrected chi connectivity index (χ4v) is 6.53. The second-order valence-electron chi connectivity index (χ2n) is 6.62. The van der Waals surface area contributed by atoms with Crippen LogP contribution >= 0.6 is 11.3 Å². The van der Waals surface area contributed by atoms with Crippen molar-refractivity contribution < 1.29 is 8.42 Å². The van der Waals surface area contributed by atoms with Crippen LogP contribution in [0.4, 0.5) is 5.95 Å². The molecule has 2 aromatic heterocycles. The number of anilines is 1. The lowest BCUT2D eigenvalue weighted by atomic mass is 9.88. The molecule has 0 radical (unpaired) electrons. The normalized spacial score (nSPS) is 21.8. The van der Waals surface area contributed by atoms with Crippen LogP contribution < -0.4 is 5.32 Å². The van der Waals surface area contributed by atoms with E-state index < -0.39 is 9.84 Å². The van der Waals surface area contributed by atoms with Crippen molar-refractivity contribution in [2.45, 2.75) is 56.9 Å². The first-order chi connectivity index (χ1) is 11.5. The van der Waals surface area contributed by atoms with Crippen molar-refractivity contribution in [3.63, 3.8) is 0 Å². The van der Waals surface area contributed by atoms with E-state index in [4.69, 9.17) is 0 Å². The number of nitrogens with one attached hydrogen (secondary N) is 1. The van der Waals surface area contributed by atoms with Crippen LogP contribution in [0, 0.1) is 13.8 Å². The molecule has 0 bridgehead atoms. The highest BCUT2D eigenvalue weighted by atomic mass is 32.2. The third-order valence-electron chi connectivity index (χ3n) is 5.00. The Morgan fingerprint density at radius 1 is 1.21 bits per heavy atom. The van der Waals surface area contributed by atoms with Gasteiger partial charge >= 0.3 is 0 Å². The van der Waals surface area contributed by atoms with E-state index in [0.717, 1.165) is 19.3 Å². The van der Waals surface area contributed by atoms with Crippen LogP contribution in [0.15, 0.2) is 11.1 Å². The quantitative estimate of drug-likeness (QED) is 0.886. The van der Waals surface area contributed by atoms with Gasteiger partial charge in [0.1, 0.15) is 4.90 Å². The van der Waals surface area contributed by atoms with Crippen molar-refractivity contribution in [1.29, 1.82) is 0 Å². The Kier molecular flexibility index (Phi) is 3.88. The Morgan fingerprint density at radius 2 is 2.04 bits per heavy atom. The number of hydrogen-bond donors (Lipinski definition) is 1. The van der Waals surface area contributed by atoms with Crippen LogP contribution in [-0.2, 0) is 22.7 Å². The van der Waals surface area contributed by atoms with Gasteiger partial charge in [-0.2, -0.15) is 0 Å². The number of aryl methyl sites for hydroxylation is 3.